The third-order valence-corrected chi connectivity index (χ3v) is 9.61. The van der Waals surface area contributed by atoms with Gasteiger partial charge in [0.2, 0.25) is 0 Å². The van der Waals surface area contributed by atoms with Gasteiger partial charge in [-0.1, -0.05) is 117 Å². The van der Waals surface area contributed by atoms with Crippen LogP contribution in [0.15, 0.2) is 121 Å². The second-order valence-electron chi connectivity index (χ2n) is 11.0. The molecule has 0 aliphatic heterocycles. The summed E-state index contributed by atoms with van der Waals surface area (Å²) in [5, 5.41) is 5.27. The highest BCUT2D eigenvalue weighted by molar-refractivity contribution is 7.25. The Morgan fingerprint density at radius 2 is 1.05 bits per heavy atom. The van der Waals surface area contributed by atoms with E-state index < -0.39 is 0 Å². The molecule has 0 atom stereocenters. The van der Waals surface area contributed by atoms with Crippen molar-refractivity contribution in [3.05, 3.63) is 132 Å². The van der Waals surface area contributed by atoms with Gasteiger partial charge in [-0.05, 0) is 73.5 Å². The highest BCUT2D eigenvalue weighted by atomic mass is 32.1. The van der Waals surface area contributed by atoms with Gasteiger partial charge in [-0.15, -0.1) is 11.3 Å². The first-order valence-electron chi connectivity index (χ1n) is 13.3. The van der Waals surface area contributed by atoms with Gasteiger partial charge in [0.15, 0.2) is 0 Å². The molecule has 0 nitrogen and oxygen atoms in total. The van der Waals surface area contributed by atoms with Crippen molar-refractivity contribution in [3.8, 4) is 33.4 Å². The predicted octanol–water partition coefficient (Wildman–Crippen LogP) is 10.8. The van der Waals surface area contributed by atoms with E-state index in [1.807, 2.05) is 11.3 Å². The fraction of sp³-hybridized carbons (Fsp3) is 0.0811. The second kappa shape index (κ2) is 7.90. The molecule has 38 heavy (non-hydrogen) atoms. The number of hydrogen-bond donors (Lipinski definition) is 0. The third-order valence-electron chi connectivity index (χ3n) is 8.49. The van der Waals surface area contributed by atoms with Crippen molar-refractivity contribution >= 4 is 42.3 Å². The Kier molecular flexibility index (Phi) is 4.54. The highest BCUT2D eigenvalue weighted by Crippen LogP contribution is 2.49. The second-order valence-corrected chi connectivity index (χ2v) is 12.1. The largest absolute Gasteiger partial charge is 0.135 e. The number of benzene rings is 6. The molecule has 0 amide bonds. The molecule has 1 aliphatic rings. The van der Waals surface area contributed by atoms with E-state index in [0.29, 0.717) is 0 Å². The van der Waals surface area contributed by atoms with Crippen LogP contribution in [0.1, 0.15) is 25.0 Å². The Hall–Kier alpha value is -4.20. The fourth-order valence-corrected chi connectivity index (χ4v) is 7.67. The van der Waals surface area contributed by atoms with E-state index in [2.05, 4.69) is 135 Å². The molecule has 6 aromatic carbocycles. The summed E-state index contributed by atoms with van der Waals surface area (Å²) in [6.07, 6.45) is 0. The molecule has 0 spiro atoms. The molecular formula is C37H26S. The van der Waals surface area contributed by atoms with Crippen LogP contribution < -0.4 is 0 Å². The normalized spacial score (nSPS) is 13.7. The van der Waals surface area contributed by atoms with Crippen LogP contribution >= 0.6 is 11.3 Å². The Morgan fingerprint density at radius 3 is 1.92 bits per heavy atom. The fourth-order valence-electron chi connectivity index (χ4n) is 6.49. The lowest BCUT2D eigenvalue weighted by molar-refractivity contribution is 0.660. The maximum Gasteiger partial charge on any atom is 0.0361 e. The van der Waals surface area contributed by atoms with Gasteiger partial charge in [-0.25, -0.2) is 0 Å². The molecule has 0 saturated heterocycles. The summed E-state index contributed by atoms with van der Waals surface area (Å²) in [6, 6.07) is 45.1. The van der Waals surface area contributed by atoms with Crippen molar-refractivity contribution in [1.82, 2.24) is 0 Å². The van der Waals surface area contributed by atoms with E-state index >= 15 is 0 Å². The molecule has 180 valence electrons. The zero-order valence-electron chi connectivity index (χ0n) is 21.5. The quantitative estimate of drug-likeness (QED) is 0.220. The molecule has 1 heterocycles. The predicted molar refractivity (Wildman–Crippen MR) is 165 cm³/mol. The number of thiophene rings is 1. The Labute approximate surface area is 226 Å². The highest BCUT2D eigenvalue weighted by Gasteiger charge is 2.35. The molecule has 0 radical (unpaired) electrons. The lowest BCUT2D eigenvalue weighted by atomic mass is 9.81. The van der Waals surface area contributed by atoms with E-state index in [1.165, 1.54) is 75.5 Å². The van der Waals surface area contributed by atoms with E-state index in [0.717, 1.165) is 0 Å². The van der Waals surface area contributed by atoms with E-state index in [-0.39, 0.29) is 5.41 Å². The summed E-state index contributed by atoms with van der Waals surface area (Å²) in [7, 11) is 0. The molecule has 0 fully saturated rings. The summed E-state index contributed by atoms with van der Waals surface area (Å²) in [5.41, 5.74) is 10.8. The van der Waals surface area contributed by atoms with Crippen molar-refractivity contribution in [2.75, 3.05) is 0 Å². The maximum absolute atomic E-state index is 2.42. The maximum atomic E-state index is 2.42. The Balaban J connectivity index is 1.24. The summed E-state index contributed by atoms with van der Waals surface area (Å²) in [4.78, 5) is 0. The zero-order chi connectivity index (χ0) is 25.4. The minimum absolute atomic E-state index is 0.0155. The minimum atomic E-state index is 0.0155. The van der Waals surface area contributed by atoms with Crippen molar-refractivity contribution in [2.45, 2.75) is 19.3 Å². The zero-order valence-corrected chi connectivity index (χ0v) is 22.3. The van der Waals surface area contributed by atoms with Crippen LogP contribution in [0.2, 0.25) is 0 Å². The molecule has 0 saturated carbocycles. The van der Waals surface area contributed by atoms with Crippen molar-refractivity contribution < 1.29 is 0 Å². The Morgan fingerprint density at radius 1 is 0.447 bits per heavy atom. The molecule has 1 aromatic heterocycles. The average molecular weight is 503 g/mol. The Bertz CT molecular complexity index is 2050. The van der Waals surface area contributed by atoms with Gasteiger partial charge in [0.05, 0.1) is 0 Å². The van der Waals surface area contributed by atoms with Crippen molar-refractivity contribution in [2.24, 2.45) is 0 Å². The molecule has 0 N–H and O–H groups in total. The number of rotatable bonds is 2. The van der Waals surface area contributed by atoms with E-state index in [9.17, 15) is 0 Å². The van der Waals surface area contributed by atoms with Gasteiger partial charge in [0.1, 0.15) is 0 Å². The third kappa shape index (κ3) is 3.09. The molecule has 1 heteroatoms. The standard InChI is InChI=1S/C37H26S/c1-37(2)33-13-6-5-11-29(33)30-17-14-24(20-34(30)37)25-15-18-31-32-19-16-26(22-36(32)38-35(31)21-25)28-12-7-9-23-8-3-4-10-27(23)28/h3-22H,1-2H3. The first kappa shape index (κ1) is 21.8. The lowest BCUT2D eigenvalue weighted by Gasteiger charge is -2.22. The minimum Gasteiger partial charge on any atom is -0.135 e. The smallest absolute Gasteiger partial charge is 0.0361 e. The van der Waals surface area contributed by atoms with Crippen LogP contribution in [0.5, 0.6) is 0 Å². The molecule has 0 bridgehead atoms. The van der Waals surface area contributed by atoms with E-state index in [4.69, 9.17) is 0 Å². The van der Waals surface area contributed by atoms with Gasteiger partial charge in [-0.3, -0.25) is 0 Å². The molecule has 7 aromatic rings. The topological polar surface area (TPSA) is 0 Å². The summed E-state index contributed by atoms with van der Waals surface area (Å²) >= 11 is 1.90. The summed E-state index contributed by atoms with van der Waals surface area (Å²) in [6.45, 7) is 4.70. The van der Waals surface area contributed by atoms with Gasteiger partial charge in [0, 0.05) is 25.6 Å². The first-order valence-corrected chi connectivity index (χ1v) is 14.1. The molecule has 1 aliphatic carbocycles. The summed E-state index contributed by atoms with van der Waals surface area (Å²) < 4.78 is 2.68. The van der Waals surface area contributed by atoms with Crippen molar-refractivity contribution in [1.29, 1.82) is 0 Å². The van der Waals surface area contributed by atoms with Crippen LogP contribution in [0.25, 0.3) is 64.3 Å². The number of fused-ring (bicyclic) bond motifs is 7. The van der Waals surface area contributed by atoms with Gasteiger partial charge in [-0.2, -0.15) is 0 Å². The monoisotopic (exact) mass is 502 g/mol. The van der Waals surface area contributed by atoms with Crippen LogP contribution in [0.4, 0.5) is 0 Å². The van der Waals surface area contributed by atoms with Gasteiger partial charge < -0.3 is 0 Å². The van der Waals surface area contributed by atoms with Gasteiger partial charge in [0.25, 0.3) is 0 Å². The lowest BCUT2D eigenvalue weighted by Crippen LogP contribution is -2.14. The van der Waals surface area contributed by atoms with E-state index in [1.54, 1.807) is 0 Å². The average Bonchev–Trinajstić information content (AvgIpc) is 3.44. The molecular weight excluding hydrogens is 476 g/mol. The van der Waals surface area contributed by atoms with Gasteiger partial charge >= 0.3 is 0 Å². The number of hydrogen-bond acceptors (Lipinski definition) is 1. The van der Waals surface area contributed by atoms with Crippen LogP contribution in [-0.4, -0.2) is 0 Å². The van der Waals surface area contributed by atoms with Crippen LogP contribution in [-0.2, 0) is 5.41 Å². The van der Waals surface area contributed by atoms with Crippen molar-refractivity contribution in [3.63, 3.8) is 0 Å². The van der Waals surface area contributed by atoms with Crippen LogP contribution in [0.3, 0.4) is 0 Å². The van der Waals surface area contributed by atoms with Crippen LogP contribution in [0, 0.1) is 0 Å². The molecule has 0 unspecified atom stereocenters. The summed E-state index contributed by atoms with van der Waals surface area (Å²) in [5.74, 6) is 0. The first-order chi connectivity index (χ1) is 18.6. The molecule has 8 rings (SSSR count). The SMILES string of the molecule is CC1(C)c2ccccc2-c2ccc(-c3ccc4c(c3)sc3cc(-c5cccc6ccccc56)ccc34)cc21.